The van der Waals surface area contributed by atoms with Crippen LogP contribution in [0.25, 0.3) is 0 Å². The van der Waals surface area contributed by atoms with Gasteiger partial charge in [-0.1, -0.05) is 23.2 Å². The van der Waals surface area contributed by atoms with Crippen molar-refractivity contribution >= 4 is 46.3 Å². The molecule has 1 amide bonds. The van der Waals surface area contributed by atoms with Crippen molar-refractivity contribution < 1.29 is 28.5 Å². The van der Waals surface area contributed by atoms with Gasteiger partial charge in [0.25, 0.3) is 5.91 Å². The van der Waals surface area contributed by atoms with Gasteiger partial charge in [0.2, 0.25) is 6.04 Å². The number of benzene rings is 2. The molecule has 0 radical (unpaired) electrons. The predicted molar refractivity (Wildman–Crippen MR) is 117 cm³/mol. The number of ether oxygens (including phenoxy) is 4. The summed E-state index contributed by atoms with van der Waals surface area (Å²) in [5, 5.41) is 10.9. The molecule has 1 unspecified atom stereocenters. The molecule has 2 aromatic carbocycles. The molecule has 0 spiro atoms. The first-order chi connectivity index (χ1) is 14.8. The van der Waals surface area contributed by atoms with E-state index >= 15 is 0 Å². The summed E-state index contributed by atoms with van der Waals surface area (Å²) in [6.07, 6.45) is 0. The van der Waals surface area contributed by atoms with Gasteiger partial charge in [0.1, 0.15) is 22.9 Å². The van der Waals surface area contributed by atoms with E-state index in [1.807, 2.05) is 0 Å². The number of rotatable bonds is 9. The van der Waals surface area contributed by atoms with E-state index < -0.39 is 17.7 Å². The molecule has 9 nitrogen and oxygen atoms in total. The van der Waals surface area contributed by atoms with E-state index in [4.69, 9.17) is 42.1 Å². The Hall–Kier alpha value is -3.04. The third-order valence-corrected chi connectivity index (χ3v) is 4.67. The topological polar surface area (TPSA) is 108 Å². The number of carbonyl (C=O) groups excluding carboxylic acids is 2. The Balaban J connectivity index is 2.41. The third-order valence-electron chi connectivity index (χ3n) is 4.10. The second kappa shape index (κ2) is 10.8. The smallest absolute Gasteiger partial charge is 0.259 e. The van der Waals surface area contributed by atoms with Gasteiger partial charge in [-0.05, 0) is 19.1 Å². The summed E-state index contributed by atoms with van der Waals surface area (Å²) < 4.78 is 20.9. The van der Waals surface area contributed by atoms with Crippen molar-refractivity contribution in [1.29, 1.82) is 0 Å². The molecule has 31 heavy (non-hydrogen) atoms. The minimum absolute atomic E-state index is 0.158. The number of amides is 1. The molecule has 11 heteroatoms. The van der Waals surface area contributed by atoms with Crippen molar-refractivity contribution in [3.8, 4) is 23.0 Å². The second-order valence-corrected chi connectivity index (χ2v) is 6.85. The number of anilines is 1. The number of halogens is 2. The van der Waals surface area contributed by atoms with Gasteiger partial charge in [0.05, 0.1) is 38.5 Å². The summed E-state index contributed by atoms with van der Waals surface area (Å²) in [7, 11) is 5.66. The van der Waals surface area contributed by atoms with Gasteiger partial charge in [-0.3, -0.25) is 9.59 Å². The van der Waals surface area contributed by atoms with E-state index in [9.17, 15) is 9.59 Å². The van der Waals surface area contributed by atoms with Crippen LogP contribution in [0.4, 0.5) is 11.4 Å². The highest BCUT2D eigenvalue weighted by Gasteiger charge is 2.26. The number of hydrogen-bond acceptors (Lipinski definition) is 8. The minimum atomic E-state index is -1.47. The van der Waals surface area contributed by atoms with Crippen LogP contribution >= 0.6 is 23.2 Å². The van der Waals surface area contributed by atoms with Crippen LogP contribution in [0, 0.1) is 0 Å². The van der Waals surface area contributed by atoms with Crippen molar-refractivity contribution in [2.75, 3.05) is 33.8 Å². The second-order valence-electron chi connectivity index (χ2n) is 6.04. The monoisotopic (exact) mass is 469 g/mol. The predicted octanol–water partition coefficient (Wildman–Crippen LogP) is 4.71. The van der Waals surface area contributed by atoms with Crippen molar-refractivity contribution in [2.45, 2.75) is 13.0 Å². The number of hydrogen-bond donors (Lipinski definition) is 1. The molecule has 0 saturated carbocycles. The molecule has 0 aliphatic rings. The summed E-state index contributed by atoms with van der Waals surface area (Å²) >= 11 is 12.3. The van der Waals surface area contributed by atoms with Gasteiger partial charge in [-0.2, -0.15) is 10.2 Å². The first-order valence-electron chi connectivity index (χ1n) is 8.81. The number of nitrogens with one attached hydrogen (secondary N) is 1. The van der Waals surface area contributed by atoms with Crippen LogP contribution in [0.1, 0.15) is 6.92 Å². The molecule has 166 valence electrons. The Labute approximate surface area is 189 Å². The first kappa shape index (κ1) is 24.2. The average molecular weight is 470 g/mol. The number of ketones is 1. The molecule has 0 aromatic heterocycles. The van der Waals surface area contributed by atoms with Gasteiger partial charge in [0.15, 0.2) is 17.3 Å². The zero-order chi connectivity index (χ0) is 23.1. The normalized spacial score (nSPS) is 11.7. The molecule has 2 rings (SSSR count). The highest BCUT2D eigenvalue weighted by atomic mass is 35.5. The van der Waals surface area contributed by atoms with E-state index in [1.54, 1.807) is 12.1 Å². The number of Topliss-reactive ketones (excluding diaryl/α,β-unsaturated/α-hetero) is 1. The van der Waals surface area contributed by atoms with Crippen molar-refractivity contribution in [3.05, 3.63) is 34.3 Å². The molecule has 1 atom stereocenters. The SMILES string of the molecule is COc1cc(Cl)c(OC)c(N=NC(C(C)=O)C(=O)Nc2c(OC)ccc(Cl)c2OC)c1. The van der Waals surface area contributed by atoms with Gasteiger partial charge >= 0.3 is 0 Å². The first-order valence-corrected chi connectivity index (χ1v) is 9.57. The maximum Gasteiger partial charge on any atom is 0.259 e. The van der Waals surface area contributed by atoms with Crippen molar-refractivity contribution in [1.82, 2.24) is 0 Å². The van der Waals surface area contributed by atoms with E-state index in [1.165, 1.54) is 47.5 Å². The molecule has 0 saturated heterocycles. The lowest BCUT2D eigenvalue weighted by atomic mass is 10.2. The molecular formula is C20H21Cl2N3O6. The molecule has 0 aliphatic carbocycles. The molecule has 2 aromatic rings. The van der Waals surface area contributed by atoms with Crippen LogP contribution < -0.4 is 24.3 Å². The standard InChI is InChI=1S/C20H21Cl2N3O6/c1-10(26)16(25-24-14-9-11(28-2)8-13(22)18(14)30-4)20(27)23-17-15(29-3)7-6-12(21)19(17)31-5/h6-9,16H,1-5H3,(H,23,27). The van der Waals surface area contributed by atoms with Crippen LogP contribution in [0.5, 0.6) is 23.0 Å². The van der Waals surface area contributed by atoms with Crippen LogP contribution in [-0.2, 0) is 9.59 Å². The van der Waals surface area contributed by atoms with Gasteiger partial charge < -0.3 is 24.3 Å². The summed E-state index contributed by atoms with van der Waals surface area (Å²) in [6, 6.07) is 4.67. The fourth-order valence-corrected chi connectivity index (χ4v) is 3.12. The Kier molecular flexibility index (Phi) is 8.47. The van der Waals surface area contributed by atoms with Crippen molar-refractivity contribution in [3.63, 3.8) is 0 Å². The minimum Gasteiger partial charge on any atom is -0.497 e. The number of methoxy groups -OCH3 is 4. The molecule has 0 fully saturated rings. The largest absolute Gasteiger partial charge is 0.497 e. The fourth-order valence-electron chi connectivity index (χ4n) is 2.61. The van der Waals surface area contributed by atoms with E-state index in [-0.39, 0.29) is 38.7 Å². The third kappa shape index (κ3) is 5.56. The Morgan fingerprint density at radius 2 is 1.61 bits per heavy atom. The zero-order valence-corrected chi connectivity index (χ0v) is 19.0. The summed E-state index contributed by atoms with van der Waals surface area (Å²) in [5.74, 6) is -0.230. The van der Waals surface area contributed by atoms with Crippen LogP contribution in [0.2, 0.25) is 10.0 Å². The van der Waals surface area contributed by atoms with E-state index in [0.29, 0.717) is 5.75 Å². The van der Waals surface area contributed by atoms with Gasteiger partial charge in [0, 0.05) is 12.1 Å². The average Bonchev–Trinajstić information content (AvgIpc) is 2.73. The molecular weight excluding hydrogens is 449 g/mol. The number of carbonyl (C=O) groups is 2. The Morgan fingerprint density at radius 1 is 0.935 bits per heavy atom. The van der Waals surface area contributed by atoms with E-state index in [2.05, 4.69) is 15.5 Å². The van der Waals surface area contributed by atoms with E-state index in [0.717, 1.165) is 0 Å². The molecule has 0 aliphatic heterocycles. The summed E-state index contributed by atoms with van der Waals surface area (Å²) in [5.41, 5.74) is 0.342. The maximum atomic E-state index is 12.8. The maximum absolute atomic E-state index is 12.8. The van der Waals surface area contributed by atoms with Gasteiger partial charge in [-0.15, -0.1) is 0 Å². The molecule has 1 N–H and O–H groups in total. The number of azo groups is 1. The van der Waals surface area contributed by atoms with Crippen LogP contribution in [0.15, 0.2) is 34.5 Å². The Morgan fingerprint density at radius 3 is 2.16 bits per heavy atom. The summed E-state index contributed by atoms with van der Waals surface area (Å²) in [6.45, 7) is 1.21. The summed E-state index contributed by atoms with van der Waals surface area (Å²) in [4.78, 5) is 25.0. The lowest BCUT2D eigenvalue weighted by molar-refractivity contribution is -0.126. The highest BCUT2D eigenvalue weighted by molar-refractivity contribution is 6.33. The van der Waals surface area contributed by atoms with Crippen molar-refractivity contribution in [2.24, 2.45) is 10.2 Å². The van der Waals surface area contributed by atoms with Crippen LogP contribution in [0.3, 0.4) is 0 Å². The zero-order valence-electron chi connectivity index (χ0n) is 17.5. The number of nitrogens with zero attached hydrogens (tertiary/aromatic N) is 2. The lowest BCUT2D eigenvalue weighted by Crippen LogP contribution is -2.32. The lowest BCUT2D eigenvalue weighted by Gasteiger charge is -2.16. The quantitative estimate of drug-likeness (QED) is 0.420. The molecule has 0 bridgehead atoms. The fraction of sp³-hybridized carbons (Fsp3) is 0.300. The Bertz CT molecular complexity index is 1010. The molecule has 0 heterocycles. The van der Waals surface area contributed by atoms with Crippen LogP contribution in [-0.4, -0.2) is 46.2 Å². The van der Waals surface area contributed by atoms with Gasteiger partial charge in [-0.25, -0.2) is 0 Å². The highest BCUT2D eigenvalue weighted by Crippen LogP contribution is 2.41.